The molecule has 0 aliphatic carbocycles. The topological polar surface area (TPSA) is 75.7 Å². The van der Waals surface area contributed by atoms with Crippen molar-refractivity contribution in [3.63, 3.8) is 0 Å². The predicted octanol–water partition coefficient (Wildman–Crippen LogP) is 1.65. The first-order valence-corrected chi connectivity index (χ1v) is 9.36. The number of methoxy groups -OCH3 is 1. The molecule has 0 bridgehead atoms. The first kappa shape index (κ1) is 19.4. The summed E-state index contributed by atoms with van der Waals surface area (Å²) < 4.78 is 30.5. The van der Waals surface area contributed by atoms with E-state index in [0.29, 0.717) is 18.8 Å². The fourth-order valence-electron chi connectivity index (χ4n) is 2.33. The van der Waals surface area contributed by atoms with Gasteiger partial charge >= 0.3 is 0 Å². The average Bonchev–Trinajstić information content (AvgIpc) is 2.44. The van der Waals surface area contributed by atoms with E-state index in [1.807, 2.05) is 39.0 Å². The summed E-state index contributed by atoms with van der Waals surface area (Å²) in [6.45, 7) is 6.33. The molecule has 1 aromatic rings. The Morgan fingerprint density at radius 3 is 2.52 bits per heavy atom. The third kappa shape index (κ3) is 5.51. The molecule has 1 amide bonds. The van der Waals surface area contributed by atoms with Gasteiger partial charge in [0.1, 0.15) is 6.54 Å². The molecule has 0 fully saturated rings. The quantitative estimate of drug-likeness (QED) is 0.729. The Morgan fingerprint density at radius 1 is 1.35 bits per heavy atom. The van der Waals surface area contributed by atoms with Gasteiger partial charge in [-0.05, 0) is 24.0 Å². The van der Waals surface area contributed by atoms with Gasteiger partial charge in [-0.2, -0.15) is 0 Å². The van der Waals surface area contributed by atoms with Crippen LogP contribution in [0.25, 0.3) is 0 Å². The second kappa shape index (κ2) is 8.31. The second-order valence-corrected chi connectivity index (χ2v) is 7.69. The zero-order chi connectivity index (χ0) is 17.6. The zero-order valence-corrected chi connectivity index (χ0v) is 15.2. The maximum atomic E-state index is 12.2. The predicted molar refractivity (Wildman–Crippen MR) is 92.3 cm³/mol. The van der Waals surface area contributed by atoms with Crippen molar-refractivity contribution in [3.8, 4) is 0 Å². The van der Waals surface area contributed by atoms with E-state index in [-0.39, 0.29) is 18.4 Å². The molecule has 0 aliphatic rings. The number of anilines is 1. The number of benzene rings is 1. The minimum absolute atomic E-state index is 0.144. The first-order chi connectivity index (χ1) is 10.7. The number of sulfonamides is 1. The van der Waals surface area contributed by atoms with Gasteiger partial charge in [0, 0.05) is 13.7 Å². The van der Waals surface area contributed by atoms with Crippen molar-refractivity contribution in [2.75, 3.05) is 37.4 Å². The van der Waals surface area contributed by atoms with E-state index in [2.05, 4.69) is 5.32 Å². The number of rotatable bonds is 8. The number of hydrogen-bond acceptors (Lipinski definition) is 4. The SMILES string of the molecule is COCCNC(=O)CN(c1c(C)cccc1C(C)C)S(C)(=O)=O. The van der Waals surface area contributed by atoms with Crippen LogP contribution in [0.2, 0.25) is 0 Å². The van der Waals surface area contributed by atoms with Crippen molar-refractivity contribution in [1.29, 1.82) is 0 Å². The molecule has 0 radical (unpaired) electrons. The van der Waals surface area contributed by atoms with Crippen LogP contribution in [0.1, 0.15) is 30.9 Å². The highest BCUT2D eigenvalue weighted by Gasteiger charge is 2.25. The molecule has 6 nitrogen and oxygen atoms in total. The maximum absolute atomic E-state index is 12.2. The third-order valence-corrected chi connectivity index (χ3v) is 4.57. The normalized spacial score (nSPS) is 11.6. The molecular weight excluding hydrogens is 316 g/mol. The Hall–Kier alpha value is -1.60. The number of amides is 1. The number of aryl methyl sites for hydroxylation is 1. The Balaban J connectivity index is 3.17. The Bertz CT molecular complexity index is 641. The number of hydrogen-bond donors (Lipinski definition) is 1. The van der Waals surface area contributed by atoms with Gasteiger partial charge in [0.05, 0.1) is 18.6 Å². The monoisotopic (exact) mass is 342 g/mol. The van der Waals surface area contributed by atoms with Gasteiger partial charge in [-0.3, -0.25) is 9.10 Å². The lowest BCUT2D eigenvalue weighted by atomic mass is 9.98. The largest absolute Gasteiger partial charge is 0.383 e. The molecule has 7 heteroatoms. The Morgan fingerprint density at radius 2 is 2.00 bits per heavy atom. The van der Waals surface area contributed by atoms with Crippen molar-refractivity contribution in [3.05, 3.63) is 29.3 Å². The third-order valence-electron chi connectivity index (χ3n) is 3.46. The van der Waals surface area contributed by atoms with Crippen LogP contribution in [-0.2, 0) is 19.6 Å². The van der Waals surface area contributed by atoms with Gasteiger partial charge in [-0.25, -0.2) is 8.42 Å². The summed E-state index contributed by atoms with van der Waals surface area (Å²) in [5.74, 6) is -0.212. The van der Waals surface area contributed by atoms with E-state index in [1.54, 1.807) is 0 Å². The number of carbonyl (C=O) groups is 1. The van der Waals surface area contributed by atoms with Gasteiger partial charge in [0.25, 0.3) is 0 Å². The van der Waals surface area contributed by atoms with Gasteiger partial charge in [-0.15, -0.1) is 0 Å². The highest BCUT2D eigenvalue weighted by Crippen LogP contribution is 2.32. The van der Waals surface area contributed by atoms with E-state index in [9.17, 15) is 13.2 Å². The fraction of sp³-hybridized carbons (Fsp3) is 0.562. The lowest BCUT2D eigenvalue weighted by molar-refractivity contribution is -0.119. The van der Waals surface area contributed by atoms with Crippen molar-refractivity contribution >= 4 is 21.6 Å². The molecule has 1 rings (SSSR count). The average molecular weight is 342 g/mol. The van der Waals surface area contributed by atoms with Gasteiger partial charge < -0.3 is 10.1 Å². The second-order valence-electron chi connectivity index (χ2n) is 5.78. The molecule has 0 heterocycles. The highest BCUT2D eigenvalue weighted by molar-refractivity contribution is 7.92. The Labute approximate surface area is 138 Å². The summed E-state index contributed by atoms with van der Waals surface area (Å²) in [6, 6.07) is 5.64. The van der Waals surface area contributed by atoms with Crippen LogP contribution in [0, 0.1) is 6.92 Å². The van der Waals surface area contributed by atoms with Crippen LogP contribution in [0.4, 0.5) is 5.69 Å². The first-order valence-electron chi connectivity index (χ1n) is 7.51. The number of nitrogens with zero attached hydrogens (tertiary/aromatic N) is 1. The molecule has 0 atom stereocenters. The van der Waals surface area contributed by atoms with Crippen molar-refractivity contribution in [2.45, 2.75) is 26.7 Å². The number of nitrogens with one attached hydrogen (secondary N) is 1. The number of carbonyl (C=O) groups excluding carboxylic acids is 1. The molecule has 0 unspecified atom stereocenters. The van der Waals surface area contributed by atoms with Crippen molar-refractivity contribution < 1.29 is 17.9 Å². The summed E-state index contributed by atoms with van der Waals surface area (Å²) in [5, 5.41) is 2.65. The minimum Gasteiger partial charge on any atom is -0.383 e. The van der Waals surface area contributed by atoms with E-state index in [0.717, 1.165) is 17.4 Å². The smallest absolute Gasteiger partial charge is 0.240 e. The summed E-state index contributed by atoms with van der Waals surface area (Å²) in [7, 11) is -2.04. The Kier molecular flexibility index (Phi) is 7.02. The molecule has 0 aliphatic heterocycles. The minimum atomic E-state index is -3.58. The van der Waals surface area contributed by atoms with E-state index < -0.39 is 10.0 Å². The highest BCUT2D eigenvalue weighted by atomic mass is 32.2. The fourth-order valence-corrected chi connectivity index (χ4v) is 3.26. The molecule has 23 heavy (non-hydrogen) atoms. The summed E-state index contributed by atoms with van der Waals surface area (Å²) in [6.07, 6.45) is 1.12. The van der Waals surface area contributed by atoms with E-state index in [1.165, 1.54) is 11.4 Å². The summed E-state index contributed by atoms with van der Waals surface area (Å²) in [5.41, 5.74) is 2.32. The molecule has 0 saturated carbocycles. The molecular formula is C16H26N2O4S. The molecule has 0 saturated heterocycles. The lowest BCUT2D eigenvalue weighted by Crippen LogP contribution is -2.42. The van der Waals surface area contributed by atoms with Crippen LogP contribution >= 0.6 is 0 Å². The van der Waals surface area contributed by atoms with Crippen LogP contribution in [-0.4, -0.2) is 47.4 Å². The molecule has 1 aromatic carbocycles. The standard InChI is InChI=1S/C16H26N2O4S/c1-12(2)14-8-6-7-13(3)16(14)18(23(5,20)21)11-15(19)17-9-10-22-4/h6-8,12H,9-11H2,1-5H3,(H,17,19). The van der Waals surface area contributed by atoms with E-state index >= 15 is 0 Å². The molecule has 0 spiro atoms. The maximum Gasteiger partial charge on any atom is 0.240 e. The number of ether oxygens (including phenoxy) is 1. The van der Waals surface area contributed by atoms with Crippen LogP contribution in [0.3, 0.4) is 0 Å². The molecule has 1 N–H and O–H groups in total. The summed E-state index contributed by atoms with van der Waals surface area (Å²) in [4.78, 5) is 12.1. The zero-order valence-electron chi connectivity index (χ0n) is 14.4. The van der Waals surface area contributed by atoms with Gasteiger partial charge in [0.15, 0.2) is 0 Å². The van der Waals surface area contributed by atoms with Crippen molar-refractivity contribution in [2.24, 2.45) is 0 Å². The number of para-hydroxylation sites is 1. The summed E-state index contributed by atoms with van der Waals surface area (Å²) >= 11 is 0. The van der Waals surface area contributed by atoms with Crippen LogP contribution in [0.5, 0.6) is 0 Å². The van der Waals surface area contributed by atoms with Gasteiger partial charge in [0.2, 0.25) is 15.9 Å². The lowest BCUT2D eigenvalue weighted by Gasteiger charge is -2.27. The van der Waals surface area contributed by atoms with Crippen molar-refractivity contribution in [1.82, 2.24) is 5.32 Å². The molecule has 0 aromatic heterocycles. The molecule has 130 valence electrons. The van der Waals surface area contributed by atoms with Crippen LogP contribution in [0.15, 0.2) is 18.2 Å². The van der Waals surface area contributed by atoms with Crippen LogP contribution < -0.4 is 9.62 Å². The van der Waals surface area contributed by atoms with E-state index in [4.69, 9.17) is 4.74 Å². The van der Waals surface area contributed by atoms with Gasteiger partial charge in [-0.1, -0.05) is 32.0 Å².